The number of carbonyl (C=O) groups is 1. The molecule has 0 spiro atoms. The average molecular weight is 296 g/mol. The maximum Gasteiger partial charge on any atom is 0.255 e. The van der Waals surface area contributed by atoms with Gasteiger partial charge in [-0.15, -0.1) is 0 Å². The molecule has 0 atom stereocenters. The van der Waals surface area contributed by atoms with E-state index in [-0.39, 0.29) is 5.91 Å². The van der Waals surface area contributed by atoms with Crippen LogP contribution in [0.15, 0.2) is 42.5 Å². The zero-order valence-electron chi connectivity index (χ0n) is 10.1. The molecule has 5 heteroatoms. The molecule has 0 aromatic heterocycles. The predicted molar refractivity (Wildman–Crippen MR) is 77.4 cm³/mol. The first-order valence-electron chi connectivity index (χ1n) is 5.51. The molecular formula is C14H11Cl2NO2. The van der Waals surface area contributed by atoms with Crippen LogP contribution in [-0.4, -0.2) is 13.0 Å². The summed E-state index contributed by atoms with van der Waals surface area (Å²) in [5, 5.41) is 3.42. The van der Waals surface area contributed by atoms with Crippen molar-refractivity contribution in [1.29, 1.82) is 0 Å². The highest BCUT2D eigenvalue weighted by atomic mass is 35.5. The second-order valence-electron chi connectivity index (χ2n) is 3.79. The molecule has 0 aliphatic carbocycles. The molecule has 2 rings (SSSR count). The van der Waals surface area contributed by atoms with Gasteiger partial charge in [-0.2, -0.15) is 0 Å². The van der Waals surface area contributed by atoms with E-state index in [2.05, 4.69) is 5.32 Å². The number of ether oxygens (including phenoxy) is 1. The molecule has 0 saturated heterocycles. The maximum absolute atomic E-state index is 12.1. The van der Waals surface area contributed by atoms with E-state index in [4.69, 9.17) is 27.9 Å². The topological polar surface area (TPSA) is 38.3 Å². The van der Waals surface area contributed by atoms with Crippen molar-refractivity contribution in [2.24, 2.45) is 0 Å². The van der Waals surface area contributed by atoms with Crippen LogP contribution in [0, 0.1) is 0 Å². The molecule has 0 bridgehead atoms. The largest absolute Gasteiger partial charge is 0.497 e. The molecule has 0 unspecified atom stereocenters. The van der Waals surface area contributed by atoms with Gasteiger partial charge < -0.3 is 10.1 Å². The first-order valence-corrected chi connectivity index (χ1v) is 6.27. The zero-order valence-corrected chi connectivity index (χ0v) is 11.6. The molecule has 0 aliphatic heterocycles. The van der Waals surface area contributed by atoms with Crippen molar-refractivity contribution in [1.82, 2.24) is 0 Å². The number of hydrogen-bond acceptors (Lipinski definition) is 2. The molecule has 3 nitrogen and oxygen atoms in total. The number of rotatable bonds is 3. The van der Waals surface area contributed by atoms with E-state index >= 15 is 0 Å². The summed E-state index contributed by atoms with van der Waals surface area (Å²) in [5.74, 6) is 0.341. The van der Waals surface area contributed by atoms with E-state index in [9.17, 15) is 4.79 Å². The number of benzene rings is 2. The lowest BCUT2D eigenvalue weighted by Gasteiger charge is -2.09. The molecular weight excluding hydrogens is 285 g/mol. The number of halogens is 2. The van der Waals surface area contributed by atoms with E-state index < -0.39 is 0 Å². The lowest BCUT2D eigenvalue weighted by Crippen LogP contribution is -2.12. The van der Waals surface area contributed by atoms with Crippen LogP contribution in [0.5, 0.6) is 5.75 Å². The Morgan fingerprint density at radius 1 is 1.16 bits per heavy atom. The monoisotopic (exact) mass is 295 g/mol. The summed E-state index contributed by atoms with van der Waals surface area (Å²) in [6.45, 7) is 0. The van der Waals surface area contributed by atoms with Gasteiger partial charge in [0.05, 0.1) is 22.8 Å². The zero-order chi connectivity index (χ0) is 13.8. The van der Waals surface area contributed by atoms with Crippen LogP contribution in [0.3, 0.4) is 0 Å². The Kier molecular flexibility index (Phi) is 4.30. The van der Waals surface area contributed by atoms with E-state index in [0.717, 1.165) is 0 Å². The van der Waals surface area contributed by atoms with Gasteiger partial charge in [0.2, 0.25) is 0 Å². The van der Waals surface area contributed by atoms with Crippen molar-refractivity contribution < 1.29 is 9.53 Å². The van der Waals surface area contributed by atoms with Gasteiger partial charge in [0.25, 0.3) is 5.91 Å². The fourth-order valence-corrected chi connectivity index (χ4v) is 1.91. The Balaban J connectivity index is 2.23. The van der Waals surface area contributed by atoms with Crippen molar-refractivity contribution in [3.63, 3.8) is 0 Å². The first-order chi connectivity index (χ1) is 9.11. The third-order valence-electron chi connectivity index (χ3n) is 2.53. The van der Waals surface area contributed by atoms with Crippen LogP contribution in [-0.2, 0) is 0 Å². The molecule has 0 fully saturated rings. The van der Waals surface area contributed by atoms with Gasteiger partial charge in [-0.05, 0) is 30.3 Å². The van der Waals surface area contributed by atoms with Crippen LogP contribution < -0.4 is 10.1 Å². The second-order valence-corrected chi connectivity index (χ2v) is 4.57. The Morgan fingerprint density at radius 2 is 1.89 bits per heavy atom. The van der Waals surface area contributed by atoms with Crippen LogP contribution in [0.2, 0.25) is 10.0 Å². The first kappa shape index (κ1) is 13.7. The SMILES string of the molecule is COc1cccc(C(=O)Nc2cccc(Cl)c2Cl)c1. The highest BCUT2D eigenvalue weighted by Crippen LogP contribution is 2.29. The van der Waals surface area contributed by atoms with Crippen LogP contribution in [0.4, 0.5) is 5.69 Å². The van der Waals surface area contributed by atoms with E-state index in [1.54, 1.807) is 49.6 Å². The second kappa shape index (κ2) is 5.95. The minimum absolute atomic E-state index is 0.275. The Bertz CT molecular complexity index is 614. The van der Waals surface area contributed by atoms with Crippen molar-refractivity contribution in [2.75, 3.05) is 12.4 Å². The van der Waals surface area contributed by atoms with Gasteiger partial charge in [-0.3, -0.25) is 4.79 Å². The number of nitrogens with one attached hydrogen (secondary N) is 1. The third-order valence-corrected chi connectivity index (χ3v) is 3.35. The van der Waals surface area contributed by atoms with Crippen LogP contribution in [0.1, 0.15) is 10.4 Å². The van der Waals surface area contributed by atoms with Gasteiger partial charge in [0.1, 0.15) is 5.75 Å². The molecule has 0 saturated carbocycles. The van der Waals surface area contributed by atoms with Gasteiger partial charge in [-0.1, -0.05) is 35.3 Å². The van der Waals surface area contributed by atoms with Gasteiger partial charge in [0, 0.05) is 5.56 Å². The molecule has 1 amide bonds. The summed E-state index contributed by atoms with van der Waals surface area (Å²) in [5.41, 5.74) is 0.956. The summed E-state index contributed by atoms with van der Waals surface area (Å²) in [6, 6.07) is 11.9. The minimum Gasteiger partial charge on any atom is -0.497 e. The number of carbonyl (C=O) groups excluding carboxylic acids is 1. The summed E-state index contributed by atoms with van der Waals surface area (Å²) in [4.78, 5) is 12.1. The van der Waals surface area contributed by atoms with E-state index in [1.807, 2.05) is 0 Å². The summed E-state index contributed by atoms with van der Waals surface area (Å²) in [6.07, 6.45) is 0. The predicted octanol–water partition coefficient (Wildman–Crippen LogP) is 4.25. The average Bonchev–Trinajstić information content (AvgIpc) is 2.44. The Morgan fingerprint density at radius 3 is 2.63 bits per heavy atom. The Hall–Kier alpha value is -1.71. The summed E-state index contributed by atoms with van der Waals surface area (Å²) in [7, 11) is 1.55. The molecule has 0 heterocycles. The number of anilines is 1. The van der Waals surface area contributed by atoms with E-state index in [1.165, 1.54) is 0 Å². The lowest BCUT2D eigenvalue weighted by molar-refractivity contribution is 0.102. The molecule has 2 aromatic carbocycles. The summed E-state index contributed by atoms with van der Waals surface area (Å²) >= 11 is 11.9. The van der Waals surface area contributed by atoms with Gasteiger partial charge >= 0.3 is 0 Å². The van der Waals surface area contributed by atoms with Crippen molar-refractivity contribution in [3.8, 4) is 5.75 Å². The van der Waals surface area contributed by atoms with Crippen molar-refractivity contribution >= 4 is 34.8 Å². The van der Waals surface area contributed by atoms with Gasteiger partial charge in [-0.25, -0.2) is 0 Å². The normalized spacial score (nSPS) is 10.1. The Labute approximate surface area is 121 Å². The fraction of sp³-hybridized carbons (Fsp3) is 0.0714. The quantitative estimate of drug-likeness (QED) is 0.919. The molecule has 0 aliphatic rings. The number of methoxy groups -OCH3 is 1. The van der Waals surface area contributed by atoms with Crippen molar-refractivity contribution in [2.45, 2.75) is 0 Å². The third kappa shape index (κ3) is 3.19. The molecule has 1 N–H and O–H groups in total. The van der Waals surface area contributed by atoms with Crippen LogP contribution in [0.25, 0.3) is 0 Å². The number of hydrogen-bond donors (Lipinski definition) is 1. The molecule has 19 heavy (non-hydrogen) atoms. The van der Waals surface area contributed by atoms with Crippen molar-refractivity contribution in [3.05, 3.63) is 58.1 Å². The lowest BCUT2D eigenvalue weighted by atomic mass is 10.2. The highest BCUT2D eigenvalue weighted by Gasteiger charge is 2.10. The highest BCUT2D eigenvalue weighted by molar-refractivity contribution is 6.44. The standard InChI is InChI=1S/C14H11Cl2NO2/c1-19-10-5-2-4-9(8-10)14(18)17-12-7-3-6-11(15)13(12)16/h2-8H,1H3,(H,17,18). The van der Waals surface area contributed by atoms with Gasteiger partial charge in [0.15, 0.2) is 0 Å². The molecule has 98 valence electrons. The maximum atomic E-state index is 12.1. The molecule has 0 radical (unpaired) electrons. The smallest absolute Gasteiger partial charge is 0.255 e. The number of amides is 1. The summed E-state index contributed by atoms with van der Waals surface area (Å²) < 4.78 is 5.07. The van der Waals surface area contributed by atoms with Crippen LogP contribution >= 0.6 is 23.2 Å². The van der Waals surface area contributed by atoms with E-state index in [0.29, 0.717) is 27.0 Å². The fourth-order valence-electron chi connectivity index (χ4n) is 1.56. The molecule has 2 aromatic rings. The minimum atomic E-state index is -0.275.